The Balaban J connectivity index is 2.04. The maximum Gasteiger partial charge on any atom is 0.238 e. The van der Waals surface area contributed by atoms with E-state index in [2.05, 4.69) is 10.6 Å². The van der Waals surface area contributed by atoms with Crippen molar-refractivity contribution in [1.29, 1.82) is 0 Å². The van der Waals surface area contributed by atoms with Crippen LogP contribution < -0.4 is 10.6 Å². The van der Waals surface area contributed by atoms with E-state index in [1.807, 2.05) is 6.07 Å². The van der Waals surface area contributed by atoms with E-state index >= 15 is 4.39 Å². The molecule has 150 valence electrons. The van der Waals surface area contributed by atoms with E-state index in [1.165, 1.54) is 0 Å². The number of benzene rings is 2. The van der Waals surface area contributed by atoms with E-state index < -0.39 is 23.2 Å². The van der Waals surface area contributed by atoms with E-state index in [-0.39, 0.29) is 18.2 Å². The Morgan fingerprint density at radius 2 is 1.83 bits per heavy atom. The minimum atomic E-state index is -1.36. The molecule has 0 radical (unpaired) electrons. The van der Waals surface area contributed by atoms with Gasteiger partial charge in [0.05, 0.1) is 6.04 Å². The molecular formula is C22H19Cl2FN2O2. The third-order valence-electron chi connectivity index (χ3n) is 5.73. The topological polar surface area (TPSA) is 58.2 Å². The Bertz CT molecular complexity index is 1060. The number of allylic oxidation sites excluding steroid dienone is 1. The lowest BCUT2D eigenvalue weighted by molar-refractivity contribution is -0.130. The number of fused-ring (bicyclic) bond motifs is 2. The predicted octanol–water partition coefficient (Wildman–Crippen LogP) is 5.12. The summed E-state index contributed by atoms with van der Waals surface area (Å²) < 4.78 is 15.4. The SMILES string of the molecule is CC(C)=C(F)[C@@H]1NC(=O)C[C@@H](c2cccc(Cl)c2)[C@]12C(=O)Nc1cc(Cl)ccc12. The van der Waals surface area contributed by atoms with Gasteiger partial charge in [-0.05, 0) is 54.8 Å². The molecule has 0 aromatic heterocycles. The molecule has 1 spiro atoms. The van der Waals surface area contributed by atoms with Crippen LogP contribution in [0.25, 0.3) is 0 Å². The molecule has 0 aliphatic carbocycles. The molecule has 1 saturated heterocycles. The molecule has 2 heterocycles. The fraction of sp³-hybridized carbons (Fsp3) is 0.273. The van der Waals surface area contributed by atoms with Crippen molar-refractivity contribution in [2.75, 3.05) is 5.32 Å². The molecule has 0 saturated carbocycles. The summed E-state index contributed by atoms with van der Waals surface area (Å²) in [5, 5.41) is 6.53. The average Bonchev–Trinajstić information content (AvgIpc) is 2.94. The fourth-order valence-electron chi connectivity index (χ4n) is 4.50. The van der Waals surface area contributed by atoms with E-state index in [1.54, 1.807) is 50.2 Å². The molecular weight excluding hydrogens is 414 g/mol. The Morgan fingerprint density at radius 1 is 1.10 bits per heavy atom. The first kappa shape index (κ1) is 19.9. The first-order chi connectivity index (χ1) is 13.7. The molecule has 2 amide bonds. The number of anilines is 1. The number of halogens is 3. The zero-order chi connectivity index (χ0) is 20.9. The highest BCUT2D eigenvalue weighted by atomic mass is 35.5. The zero-order valence-electron chi connectivity index (χ0n) is 15.9. The van der Waals surface area contributed by atoms with Crippen LogP contribution in [0.1, 0.15) is 37.3 Å². The van der Waals surface area contributed by atoms with Crippen molar-refractivity contribution >= 4 is 40.7 Å². The van der Waals surface area contributed by atoms with Crippen molar-refractivity contribution in [3.05, 3.63) is 75.0 Å². The average molecular weight is 433 g/mol. The summed E-state index contributed by atoms with van der Waals surface area (Å²) in [5.74, 6) is -1.83. The van der Waals surface area contributed by atoms with Crippen LogP contribution in [-0.2, 0) is 15.0 Å². The summed E-state index contributed by atoms with van der Waals surface area (Å²) in [5.41, 5.74) is 0.879. The molecule has 2 aromatic carbocycles. The Morgan fingerprint density at radius 3 is 2.52 bits per heavy atom. The Hall–Kier alpha value is -2.37. The van der Waals surface area contributed by atoms with Gasteiger partial charge >= 0.3 is 0 Å². The summed E-state index contributed by atoms with van der Waals surface area (Å²) in [6, 6.07) is 10.9. The van der Waals surface area contributed by atoms with Crippen LogP contribution in [0.3, 0.4) is 0 Å². The van der Waals surface area contributed by atoms with Gasteiger partial charge in [0, 0.05) is 28.1 Å². The van der Waals surface area contributed by atoms with Gasteiger partial charge in [-0.25, -0.2) is 4.39 Å². The zero-order valence-corrected chi connectivity index (χ0v) is 17.4. The molecule has 2 aliphatic heterocycles. The van der Waals surface area contributed by atoms with Gasteiger partial charge < -0.3 is 10.6 Å². The molecule has 0 bridgehead atoms. The molecule has 3 atom stereocenters. The van der Waals surface area contributed by atoms with Crippen LogP contribution in [0, 0.1) is 0 Å². The summed E-state index contributed by atoms with van der Waals surface area (Å²) >= 11 is 12.3. The first-order valence-electron chi connectivity index (χ1n) is 9.24. The predicted molar refractivity (Wildman–Crippen MR) is 112 cm³/mol. The van der Waals surface area contributed by atoms with Gasteiger partial charge in [-0.15, -0.1) is 0 Å². The second-order valence-electron chi connectivity index (χ2n) is 7.67. The van der Waals surface area contributed by atoms with Gasteiger partial charge in [0.25, 0.3) is 0 Å². The molecule has 7 heteroatoms. The summed E-state index contributed by atoms with van der Waals surface area (Å²) in [6.45, 7) is 3.24. The number of nitrogens with one attached hydrogen (secondary N) is 2. The van der Waals surface area contributed by atoms with E-state index in [4.69, 9.17) is 23.2 Å². The van der Waals surface area contributed by atoms with Gasteiger partial charge in [0.15, 0.2) is 0 Å². The lowest BCUT2D eigenvalue weighted by atomic mass is 9.60. The van der Waals surface area contributed by atoms with Gasteiger partial charge in [0.1, 0.15) is 11.2 Å². The molecule has 4 nitrogen and oxygen atoms in total. The number of carbonyl (C=O) groups is 2. The van der Waals surface area contributed by atoms with Crippen molar-refractivity contribution in [2.45, 2.75) is 37.6 Å². The minimum Gasteiger partial charge on any atom is -0.345 e. The van der Waals surface area contributed by atoms with Gasteiger partial charge in [0.2, 0.25) is 11.8 Å². The third-order valence-corrected chi connectivity index (χ3v) is 6.20. The largest absolute Gasteiger partial charge is 0.345 e. The van der Waals surface area contributed by atoms with E-state index in [9.17, 15) is 9.59 Å². The van der Waals surface area contributed by atoms with Crippen LogP contribution in [0.4, 0.5) is 10.1 Å². The number of piperidine rings is 1. The second-order valence-corrected chi connectivity index (χ2v) is 8.55. The van der Waals surface area contributed by atoms with Gasteiger partial charge in [-0.3, -0.25) is 9.59 Å². The van der Waals surface area contributed by atoms with Crippen molar-refractivity contribution < 1.29 is 14.0 Å². The minimum absolute atomic E-state index is 0.0301. The quantitative estimate of drug-likeness (QED) is 0.691. The number of carbonyl (C=O) groups excluding carboxylic acids is 2. The highest BCUT2D eigenvalue weighted by Crippen LogP contribution is 2.54. The normalized spacial score (nSPS) is 25.4. The van der Waals surface area contributed by atoms with E-state index in [0.29, 0.717) is 32.4 Å². The fourth-order valence-corrected chi connectivity index (χ4v) is 4.87. The number of amides is 2. The standard InChI is InChI=1S/C22H19Cl2FN2O2/c1-11(2)19(25)20-22(15-7-6-14(24)9-17(15)26-21(22)29)16(10-18(28)27-20)12-4-3-5-13(23)8-12/h3-9,16,20H,10H2,1-2H3,(H,26,29)(H,27,28)/t16-,20-,22-/m0/s1. The van der Waals surface area contributed by atoms with Gasteiger partial charge in [-0.2, -0.15) is 0 Å². The number of rotatable bonds is 2. The highest BCUT2D eigenvalue weighted by molar-refractivity contribution is 6.31. The number of hydrogen-bond acceptors (Lipinski definition) is 2. The smallest absolute Gasteiger partial charge is 0.238 e. The van der Waals surface area contributed by atoms with Crippen molar-refractivity contribution in [1.82, 2.24) is 5.32 Å². The van der Waals surface area contributed by atoms with Crippen LogP contribution in [0.15, 0.2) is 53.9 Å². The number of hydrogen-bond donors (Lipinski definition) is 2. The Kier molecular flexibility index (Phi) is 4.91. The van der Waals surface area contributed by atoms with Gasteiger partial charge in [-0.1, -0.05) is 41.4 Å². The molecule has 2 aliphatic rings. The molecule has 2 N–H and O–H groups in total. The molecule has 0 unspecified atom stereocenters. The van der Waals surface area contributed by atoms with Crippen LogP contribution in [0.2, 0.25) is 10.0 Å². The summed E-state index contributed by atoms with van der Waals surface area (Å²) in [7, 11) is 0. The maximum absolute atomic E-state index is 15.4. The molecule has 1 fully saturated rings. The second kappa shape index (κ2) is 7.15. The van der Waals surface area contributed by atoms with Crippen molar-refractivity contribution in [3.8, 4) is 0 Å². The monoisotopic (exact) mass is 432 g/mol. The maximum atomic E-state index is 15.4. The van der Waals surface area contributed by atoms with Crippen LogP contribution in [-0.4, -0.2) is 17.9 Å². The van der Waals surface area contributed by atoms with Crippen LogP contribution in [0.5, 0.6) is 0 Å². The lowest BCUT2D eigenvalue weighted by Gasteiger charge is -2.45. The summed E-state index contributed by atoms with van der Waals surface area (Å²) in [6.07, 6.45) is 0.0301. The first-order valence-corrected chi connectivity index (χ1v) is 10.00. The Labute approximate surface area is 178 Å². The van der Waals surface area contributed by atoms with E-state index in [0.717, 1.165) is 0 Å². The third kappa shape index (κ3) is 3.04. The van der Waals surface area contributed by atoms with Crippen LogP contribution >= 0.6 is 23.2 Å². The van der Waals surface area contributed by atoms with Crippen molar-refractivity contribution in [2.24, 2.45) is 0 Å². The van der Waals surface area contributed by atoms with Crippen molar-refractivity contribution in [3.63, 3.8) is 0 Å². The highest BCUT2D eigenvalue weighted by Gasteiger charge is 2.62. The molecule has 4 rings (SSSR count). The molecule has 29 heavy (non-hydrogen) atoms. The summed E-state index contributed by atoms with van der Waals surface area (Å²) in [4.78, 5) is 26.1. The molecule has 2 aromatic rings. The lowest BCUT2D eigenvalue weighted by Crippen LogP contribution is -2.62.